The predicted molar refractivity (Wildman–Crippen MR) is 86.1 cm³/mol. The highest BCUT2D eigenvalue weighted by molar-refractivity contribution is 6.32. The number of rotatable bonds is 4. The number of methoxy groups -OCH3 is 1. The fourth-order valence-electron chi connectivity index (χ4n) is 2.91. The van der Waals surface area contributed by atoms with Crippen LogP contribution < -0.4 is 15.0 Å². The molecule has 0 aliphatic carbocycles. The summed E-state index contributed by atoms with van der Waals surface area (Å²) in [5.74, 6) is 0.744. The Kier molecular flexibility index (Phi) is 4.82. The third-order valence-electron chi connectivity index (χ3n) is 4.60. The Labute approximate surface area is 127 Å². The fraction of sp³-hybridized carbons (Fsp3) is 0.625. The van der Waals surface area contributed by atoms with E-state index in [-0.39, 0.29) is 5.54 Å². The van der Waals surface area contributed by atoms with E-state index in [1.165, 1.54) is 5.69 Å². The van der Waals surface area contributed by atoms with Gasteiger partial charge in [-0.3, -0.25) is 0 Å². The first-order valence-electron chi connectivity index (χ1n) is 7.40. The Morgan fingerprint density at radius 1 is 1.40 bits per heavy atom. The minimum Gasteiger partial charge on any atom is -0.495 e. The van der Waals surface area contributed by atoms with Gasteiger partial charge in [0.25, 0.3) is 0 Å². The van der Waals surface area contributed by atoms with Crippen molar-refractivity contribution in [1.82, 2.24) is 5.32 Å². The topological polar surface area (TPSA) is 24.5 Å². The number of piperazine rings is 1. The summed E-state index contributed by atoms with van der Waals surface area (Å²) >= 11 is 6.13. The standard InChI is InChI=1S/C16H25ClN2O/c1-5-16(6-2)11-19(12(3)10-18-16)13-7-8-14(17)15(9-13)20-4/h7-9,12,18H,5-6,10-11H2,1-4H3. The minimum atomic E-state index is 0.208. The van der Waals surface area contributed by atoms with Crippen molar-refractivity contribution >= 4 is 17.3 Å². The average molecular weight is 297 g/mol. The first-order valence-corrected chi connectivity index (χ1v) is 7.78. The molecule has 1 aromatic carbocycles. The zero-order valence-corrected chi connectivity index (χ0v) is 13.6. The van der Waals surface area contributed by atoms with Crippen LogP contribution in [0.5, 0.6) is 5.75 Å². The van der Waals surface area contributed by atoms with Crippen LogP contribution in [-0.4, -0.2) is 31.8 Å². The lowest BCUT2D eigenvalue weighted by Gasteiger charge is -2.47. The lowest BCUT2D eigenvalue weighted by Crippen LogP contribution is -2.63. The maximum absolute atomic E-state index is 6.13. The molecule has 1 aliphatic heterocycles. The Morgan fingerprint density at radius 3 is 2.70 bits per heavy atom. The van der Waals surface area contributed by atoms with E-state index >= 15 is 0 Å². The summed E-state index contributed by atoms with van der Waals surface area (Å²) in [5, 5.41) is 4.39. The normalized spacial score (nSPS) is 21.9. The molecule has 2 rings (SSSR count). The van der Waals surface area contributed by atoms with Gasteiger partial charge < -0.3 is 15.0 Å². The van der Waals surface area contributed by atoms with Gasteiger partial charge in [0.1, 0.15) is 5.75 Å². The second kappa shape index (κ2) is 6.23. The van der Waals surface area contributed by atoms with Crippen molar-refractivity contribution in [3.05, 3.63) is 23.2 Å². The van der Waals surface area contributed by atoms with E-state index in [1.54, 1.807) is 7.11 Å². The maximum atomic E-state index is 6.13. The number of anilines is 1. The van der Waals surface area contributed by atoms with Crippen LogP contribution in [0.25, 0.3) is 0 Å². The highest BCUT2D eigenvalue weighted by Gasteiger charge is 2.35. The van der Waals surface area contributed by atoms with Crippen molar-refractivity contribution in [2.24, 2.45) is 0 Å². The molecule has 0 radical (unpaired) electrons. The second-order valence-electron chi connectivity index (χ2n) is 5.66. The summed E-state index contributed by atoms with van der Waals surface area (Å²) < 4.78 is 5.34. The Balaban J connectivity index is 2.29. The van der Waals surface area contributed by atoms with E-state index in [0.29, 0.717) is 11.1 Å². The van der Waals surface area contributed by atoms with Gasteiger partial charge in [0.2, 0.25) is 0 Å². The summed E-state index contributed by atoms with van der Waals surface area (Å²) in [4.78, 5) is 2.46. The van der Waals surface area contributed by atoms with Crippen LogP contribution in [0, 0.1) is 0 Å². The molecule has 1 atom stereocenters. The first kappa shape index (κ1) is 15.5. The Bertz CT molecular complexity index is 460. The van der Waals surface area contributed by atoms with E-state index in [2.05, 4.69) is 37.1 Å². The van der Waals surface area contributed by atoms with Crippen LogP contribution >= 0.6 is 11.6 Å². The van der Waals surface area contributed by atoms with E-state index in [4.69, 9.17) is 16.3 Å². The molecule has 3 nitrogen and oxygen atoms in total. The first-order chi connectivity index (χ1) is 9.55. The quantitative estimate of drug-likeness (QED) is 0.917. The van der Waals surface area contributed by atoms with Crippen LogP contribution in [0.3, 0.4) is 0 Å². The zero-order valence-electron chi connectivity index (χ0n) is 12.9. The molecule has 112 valence electrons. The minimum absolute atomic E-state index is 0.208. The van der Waals surface area contributed by atoms with Crippen LogP contribution in [0.15, 0.2) is 18.2 Å². The van der Waals surface area contributed by atoms with Gasteiger partial charge in [-0.1, -0.05) is 25.4 Å². The lowest BCUT2D eigenvalue weighted by molar-refractivity contribution is 0.253. The zero-order chi connectivity index (χ0) is 14.8. The van der Waals surface area contributed by atoms with Gasteiger partial charge in [-0.25, -0.2) is 0 Å². The molecule has 1 aromatic rings. The molecule has 0 amide bonds. The molecule has 20 heavy (non-hydrogen) atoms. The third kappa shape index (κ3) is 2.89. The molecule has 1 unspecified atom stereocenters. The molecule has 4 heteroatoms. The molecule has 0 aromatic heterocycles. The van der Waals surface area contributed by atoms with Crippen molar-refractivity contribution in [2.75, 3.05) is 25.1 Å². The van der Waals surface area contributed by atoms with Gasteiger partial charge >= 0.3 is 0 Å². The fourth-order valence-corrected chi connectivity index (χ4v) is 3.10. The largest absolute Gasteiger partial charge is 0.495 e. The van der Waals surface area contributed by atoms with Gasteiger partial charge in [-0.05, 0) is 31.9 Å². The van der Waals surface area contributed by atoms with E-state index in [1.807, 2.05) is 12.1 Å². The smallest absolute Gasteiger partial charge is 0.139 e. The average Bonchev–Trinajstić information content (AvgIpc) is 2.49. The van der Waals surface area contributed by atoms with Crippen molar-refractivity contribution in [1.29, 1.82) is 0 Å². The molecule has 1 saturated heterocycles. The number of halogens is 1. The molecule has 1 fully saturated rings. The molecule has 0 bridgehead atoms. The van der Waals surface area contributed by atoms with Crippen LogP contribution in [0.4, 0.5) is 5.69 Å². The van der Waals surface area contributed by atoms with Crippen LogP contribution in [0.2, 0.25) is 5.02 Å². The van der Waals surface area contributed by atoms with Gasteiger partial charge in [-0.15, -0.1) is 0 Å². The summed E-state index contributed by atoms with van der Waals surface area (Å²) in [5.41, 5.74) is 1.39. The molecular formula is C16H25ClN2O. The van der Waals surface area contributed by atoms with Crippen LogP contribution in [-0.2, 0) is 0 Å². The number of hydrogen-bond donors (Lipinski definition) is 1. The van der Waals surface area contributed by atoms with E-state index < -0.39 is 0 Å². The van der Waals surface area contributed by atoms with Crippen molar-refractivity contribution in [3.8, 4) is 5.75 Å². The summed E-state index contributed by atoms with van der Waals surface area (Å²) in [7, 11) is 1.66. The monoisotopic (exact) mass is 296 g/mol. The van der Waals surface area contributed by atoms with Crippen LogP contribution in [0.1, 0.15) is 33.6 Å². The maximum Gasteiger partial charge on any atom is 0.139 e. The lowest BCUT2D eigenvalue weighted by atomic mass is 9.88. The predicted octanol–water partition coefficient (Wildman–Crippen LogP) is 3.71. The summed E-state index contributed by atoms with van der Waals surface area (Å²) in [6, 6.07) is 6.51. The number of nitrogens with zero attached hydrogens (tertiary/aromatic N) is 1. The van der Waals surface area contributed by atoms with Gasteiger partial charge in [0.05, 0.1) is 12.1 Å². The number of nitrogens with one attached hydrogen (secondary N) is 1. The van der Waals surface area contributed by atoms with E-state index in [0.717, 1.165) is 31.7 Å². The Hall–Kier alpha value is -0.930. The SMILES string of the molecule is CCC1(CC)CN(c2ccc(Cl)c(OC)c2)C(C)CN1. The van der Waals surface area contributed by atoms with E-state index in [9.17, 15) is 0 Å². The van der Waals surface area contributed by atoms with Crippen molar-refractivity contribution < 1.29 is 4.74 Å². The summed E-state index contributed by atoms with van der Waals surface area (Å²) in [6.07, 6.45) is 2.27. The molecule has 0 spiro atoms. The summed E-state index contributed by atoms with van der Waals surface area (Å²) in [6.45, 7) is 8.79. The molecule has 1 heterocycles. The molecule has 1 aliphatic rings. The number of ether oxygens (including phenoxy) is 1. The van der Waals surface area contributed by atoms with Crippen molar-refractivity contribution in [2.45, 2.75) is 45.2 Å². The van der Waals surface area contributed by atoms with Gasteiger partial charge in [0, 0.05) is 36.4 Å². The number of benzene rings is 1. The van der Waals surface area contributed by atoms with Crippen molar-refractivity contribution in [3.63, 3.8) is 0 Å². The molecule has 1 N–H and O–H groups in total. The second-order valence-corrected chi connectivity index (χ2v) is 6.07. The molecule has 0 saturated carbocycles. The Morgan fingerprint density at radius 2 is 2.10 bits per heavy atom. The van der Waals surface area contributed by atoms with Gasteiger partial charge in [-0.2, -0.15) is 0 Å². The number of hydrogen-bond acceptors (Lipinski definition) is 3. The third-order valence-corrected chi connectivity index (χ3v) is 4.91. The highest BCUT2D eigenvalue weighted by Crippen LogP contribution is 2.33. The van der Waals surface area contributed by atoms with Gasteiger partial charge in [0.15, 0.2) is 0 Å². The highest BCUT2D eigenvalue weighted by atomic mass is 35.5. The molecular weight excluding hydrogens is 272 g/mol.